The van der Waals surface area contributed by atoms with Crippen LogP contribution in [0.5, 0.6) is 5.75 Å². The highest BCUT2D eigenvalue weighted by atomic mass is 79.9. The molecule has 24 heavy (non-hydrogen) atoms. The lowest BCUT2D eigenvalue weighted by Gasteiger charge is -2.16. The third-order valence-electron chi connectivity index (χ3n) is 3.37. The predicted octanol–water partition coefficient (Wildman–Crippen LogP) is 3.80. The number of carbonyl (C=O) groups is 1. The third-order valence-corrected chi connectivity index (χ3v) is 3.87. The first-order valence-electron chi connectivity index (χ1n) is 7.61. The molecule has 5 nitrogen and oxygen atoms in total. The zero-order valence-electron chi connectivity index (χ0n) is 13.6. The van der Waals surface area contributed by atoms with Gasteiger partial charge in [-0.1, -0.05) is 41.1 Å². The maximum atomic E-state index is 12.3. The predicted molar refractivity (Wildman–Crippen MR) is 101 cm³/mol. The number of benzene rings is 2. The number of nitrogens with one attached hydrogen (secondary N) is 2. The molecule has 0 heterocycles. The first-order chi connectivity index (χ1) is 11.6. The second-order valence-corrected chi connectivity index (χ2v) is 6.04. The number of halogens is 1. The van der Waals surface area contributed by atoms with Gasteiger partial charge in [-0.05, 0) is 42.3 Å². The summed E-state index contributed by atoms with van der Waals surface area (Å²) in [4.78, 5) is 12.3. The molecule has 1 amide bonds. The van der Waals surface area contributed by atoms with E-state index in [-0.39, 0.29) is 11.9 Å². The van der Waals surface area contributed by atoms with Crippen molar-refractivity contribution >= 4 is 33.7 Å². The van der Waals surface area contributed by atoms with E-state index in [1.807, 2.05) is 55.5 Å². The fraction of sp³-hybridized carbons (Fsp3) is 0.222. The van der Waals surface area contributed by atoms with Crippen LogP contribution < -0.4 is 15.5 Å². The standard InChI is InChI=1S/C18H20BrN3O2/c1-3-17(21-15-8-5-7-14(19)11-15)18(23)22-20-12-13-6-4-9-16(10-13)24-2/h4-12,17,21H,3H2,1-2H3,(H,22,23)/b20-12-/t17-/m1/s1. The molecule has 1 atom stereocenters. The second kappa shape index (κ2) is 9.08. The van der Waals surface area contributed by atoms with E-state index in [2.05, 4.69) is 31.8 Å². The zero-order valence-corrected chi connectivity index (χ0v) is 15.2. The average Bonchev–Trinajstić information content (AvgIpc) is 2.59. The number of ether oxygens (including phenoxy) is 1. The SMILES string of the molecule is CC[C@@H](Nc1cccc(Br)c1)C(=O)N/N=C\c1cccc(OC)c1. The lowest BCUT2D eigenvalue weighted by atomic mass is 10.2. The molecular formula is C18H20BrN3O2. The molecule has 0 fully saturated rings. The lowest BCUT2D eigenvalue weighted by molar-refractivity contribution is -0.121. The normalized spacial score (nSPS) is 12.0. The largest absolute Gasteiger partial charge is 0.497 e. The van der Waals surface area contributed by atoms with Crippen molar-refractivity contribution in [2.24, 2.45) is 5.10 Å². The molecule has 0 aliphatic rings. The number of hydrazone groups is 1. The average molecular weight is 390 g/mol. The van der Waals surface area contributed by atoms with E-state index in [9.17, 15) is 4.79 Å². The van der Waals surface area contributed by atoms with Gasteiger partial charge in [0.1, 0.15) is 11.8 Å². The molecule has 2 rings (SSSR count). The van der Waals surface area contributed by atoms with Crippen molar-refractivity contribution in [2.75, 3.05) is 12.4 Å². The summed E-state index contributed by atoms with van der Waals surface area (Å²) in [7, 11) is 1.61. The molecule has 0 radical (unpaired) electrons. The first-order valence-corrected chi connectivity index (χ1v) is 8.40. The molecule has 0 bridgehead atoms. The van der Waals surface area contributed by atoms with E-state index in [0.29, 0.717) is 6.42 Å². The molecule has 0 saturated carbocycles. The summed E-state index contributed by atoms with van der Waals surface area (Å²) in [5, 5.41) is 7.22. The van der Waals surface area contributed by atoms with Gasteiger partial charge in [0.25, 0.3) is 5.91 Å². The summed E-state index contributed by atoms with van der Waals surface area (Å²) in [6.45, 7) is 1.95. The van der Waals surface area contributed by atoms with Crippen molar-refractivity contribution in [3.05, 3.63) is 58.6 Å². The van der Waals surface area contributed by atoms with Gasteiger partial charge >= 0.3 is 0 Å². The van der Waals surface area contributed by atoms with E-state index in [1.165, 1.54) is 0 Å². The smallest absolute Gasteiger partial charge is 0.262 e. The van der Waals surface area contributed by atoms with Crippen LogP contribution in [0.25, 0.3) is 0 Å². The zero-order chi connectivity index (χ0) is 17.4. The van der Waals surface area contributed by atoms with Gasteiger partial charge in [0.05, 0.1) is 13.3 Å². The highest BCUT2D eigenvalue weighted by Crippen LogP contribution is 2.17. The molecule has 2 aromatic carbocycles. The van der Waals surface area contributed by atoms with E-state index in [0.717, 1.165) is 21.5 Å². The maximum Gasteiger partial charge on any atom is 0.262 e. The Morgan fingerprint density at radius 2 is 2.08 bits per heavy atom. The Morgan fingerprint density at radius 3 is 2.79 bits per heavy atom. The van der Waals surface area contributed by atoms with Crippen LogP contribution in [0.4, 0.5) is 5.69 Å². The number of amides is 1. The molecule has 2 N–H and O–H groups in total. The Hall–Kier alpha value is -2.34. The lowest BCUT2D eigenvalue weighted by Crippen LogP contribution is -2.36. The summed E-state index contributed by atoms with van der Waals surface area (Å²) >= 11 is 3.42. The summed E-state index contributed by atoms with van der Waals surface area (Å²) in [5.74, 6) is 0.560. The molecule has 0 saturated heterocycles. The fourth-order valence-corrected chi connectivity index (χ4v) is 2.50. The first kappa shape index (κ1) is 18.0. The summed E-state index contributed by atoms with van der Waals surface area (Å²) < 4.78 is 6.11. The minimum Gasteiger partial charge on any atom is -0.497 e. The van der Waals surface area contributed by atoms with Crippen LogP contribution >= 0.6 is 15.9 Å². The summed E-state index contributed by atoms with van der Waals surface area (Å²) in [6, 6.07) is 14.8. The molecule has 126 valence electrons. The van der Waals surface area contributed by atoms with E-state index in [1.54, 1.807) is 13.3 Å². The van der Waals surface area contributed by atoms with Gasteiger partial charge in [0.15, 0.2) is 0 Å². The van der Waals surface area contributed by atoms with Crippen molar-refractivity contribution in [1.82, 2.24) is 5.43 Å². The van der Waals surface area contributed by atoms with Crippen LogP contribution in [0.2, 0.25) is 0 Å². The van der Waals surface area contributed by atoms with Crippen molar-refractivity contribution in [1.29, 1.82) is 0 Å². The van der Waals surface area contributed by atoms with Crippen molar-refractivity contribution in [3.8, 4) is 5.75 Å². The van der Waals surface area contributed by atoms with E-state index >= 15 is 0 Å². The fourth-order valence-electron chi connectivity index (χ4n) is 2.10. The van der Waals surface area contributed by atoms with Crippen molar-refractivity contribution in [3.63, 3.8) is 0 Å². The quantitative estimate of drug-likeness (QED) is 0.559. The number of nitrogens with zero attached hydrogens (tertiary/aromatic N) is 1. The molecule has 2 aromatic rings. The number of anilines is 1. The maximum absolute atomic E-state index is 12.3. The summed E-state index contributed by atoms with van der Waals surface area (Å²) in [5.41, 5.74) is 4.30. The van der Waals surface area contributed by atoms with Crippen LogP contribution in [-0.2, 0) is 4.79 Å². The van der Waals surface area contributed by atoms with Crippen LogP contribution in [-0.4, -0.2) is 25.3 Å². The number of methoxy groups -OCH3 is 1. The second-order valence-electron chi connectivity index (χ2n) is 5.13. The Morgan fingerprint density at radius 1 is 1.29 bits per heavy atom. The van der Waals surface area contributed by atoms with Crippen LogP contribution in [0, 0.1) is 0 Å². The molecular weight excluding hydrogens is 370 g/mol. The van der Waals surface area contributed by atoms with Gasteiger partial charge < -0.3 is 10.1 Å². The molecule has 0 unspecified atom stereocenters. The number of hydrogen-bond acceptors (Lipinski definition) is 4. The minimum atomic E-state index is -0.359. The van der Waals surface area contributed by atoms with E-state index < -0.39 is 0 Å². The molecule has 0 spiro atoms. The van der Waals surface area contributed by atoms with Crippen LogP contribution in [0.15, 0.2) is 58.1 Å². The van der Waals surface area contributed by atoms with Gasteiger partial charge in [-0.25, -0.2) is 5.43 Å². The van der Waals surface area contributed by atoms with Gasteiger partial charge in [-0.3, -0.25) is 4.79 Å². The number of hydrogen-bond donors (Lipinski definition) is 2. The van der Waals surface area contributed by atoms with Gasteiger partial charge in [-0.15, -0.1) is 0 Å². The van der Waals surface area contributed by atoms with Crippen molar-refractivity contribution in [2.45, 2.75) is 19.4 Å². The monoisotopic (exact) mass is 389 g/mol. The van der Waals surface area contributed by atoms with Gasteiger partial charge in [0, 0.05) is 10.2 Å². The molecule has 0 aliphatic carbocycles. The summed E-state index contributed by atoms with van der Waals surface area (Å²) in [6.07, 6.45) is 2.24. The Labute approximate surface area is 150 Å². The Kier molecular flexibility index (Phi) is 6.81. The topological polar surface area (TPSA) is 62.7 Å². The highest BCUT2D eigenvalue weighted by molar-refractivity contribution is 9.10. The van der Waals surface area contributed by atoms with Crippen molar-refractivity contribution < 1.29 is 9.53 Å². The third kappa shape index (κ3) is 5.38. The van der Waals surface area contributed by atoms with Gasteiger partial charge in [-0.2, -0.15) is 5.10 Å². The van der Waals surface area contributed by atoms with Crippen LogP contribution in [0.3, 0.4) is 0 Å². The Balaban J connectivity index is 1.95. The molecule has 6 heteroatoms. The Bertz CT molecular complexity index is 719. The number of rotatable bonds is 7. The van der Waals surface area contributed by atoms with E-state index in [4.69, 9.17) is 4.74 Å². The molecule has 0 aliphatic heterocycles. The number of carbonyl (C=O) groups excluding carboxylic acids is 1. The van der Waals surface area contributed by atoms with Crippen LogP contribution in [0.1, 0.15) is 18.9 Å². The molecule has 0 aromatic heterocycles. The minimum absolute atomic E-state index is 0.184. The van der Waals surface area contributed by atoms with Gasteiger partial charge in [0.2, 0.25) is 0 Å². The highest BCUT2D eigenvalue weighted by Gasteiger charge is 2.15.